The zero-order chi connectivity index (χ0) is 21.8. The van der Waals surface area contributed by atoms with E-state index in [9.17, 15) is 4.79 Å². The summed E-state index contributed by atoms with van der Waals surface area (Å²) in [5.41, 5.74) is 5.47. The predicted octanol–water partition coefficient (Wildman–Crippen LogP) is 5.96. The predicted molar refractivity (Wildman–Crippen MR) is 129 cm³/mol. The number of pyridine rings is 1. The zero-order valence-electron chi connectivity index (χ0n) is 18.7. The fourth-order valence-electron chi connectivity index (χ4n) is 4.55. The van der Waals surface area contributed by atoms with Crippen molar-refractivity contribution in [3.63, 3.8) is 0 Å². The van der Waals surface area contributed by atoms with Crippen LogP contribution in [0.1, 0.15) is 49.3 Å². The number of benzene rings is 2. The number of nitrogens with zero attached hydrogens (tertiary/aromatic N) is 1. The van der Waals surface area contributed by atoms with Crippen molar-refractivity contribution in [1.29, 1.82) is 0 Å². The van der Waals surface area contributed by atoms with E-state index in [1.807, 2.05) is 25.1 Å². The number of hydrogen-bond acceptors (Lipinski definition) is 3. The van der Waals surface area contributed by atoms with Gasteiger partial charge in [-0.3, -0.25) is 0 Å². The first-order valence-electron chi connectivity index (χ1n) is 11.3. The van der Waals surface area contributed by atoms with E-state index in [2.05, 4.69) is 60.1 Å². The molecule has 31 heavy (non-hydrogen) atoms. The monoisotopic (exact) mass is 416 g/mol. The second-order valence-corrected chi connectivity index (χ2v) is 8.60. The van der Waals surface area contributed by atoms with E-state index in [0.717, 1.165) is 54.7 Å². The Hall–Kier alpha value is -3.08. The molecule has 0 unspecified atom stereocenters. The fraction of sp³-hybridized carbons (Fsp3) is 0.385. The van der Waals surface area contributed by atoms with Gasteiger partial charge in [0, 0.05) is 23.2 Å². The molecule has 2 amide bonds. The largest absolute Gasteiger partial charge is 0.367 e. The second-order valence-electron chi connectivity index (χ2n) is 8.60. The minimum absolute atomic E-state index is 0.104. The standard InChI is InChI=1S/C26H32N4O/c1-4-19-9-7-8-17(2)25(19)30-26(31)28-21-14-12-20(13-15-21)27-24-16-18(3)22-10-5-6-11-23(22)29-24/h5-11,16,20-21H,4,12-15H2,1-3H3,(H,27,29)(H2,28,30,31). The van der Waals surface area contributed by atoms with Crippen LogP contribution in [0.5, 0.6) is 0 Å². The molecule has 3 N–H and O–H groups in total. The lowest BCUT2D eigenvalue weighted by molar-refractivity contribution is 0.243. The van der Waals surface area contributed by atoms with Gasteiger partial charge in [0.25, 0.3) is 0 Å². The summed E-state index contributed by atoms with van der Waals surface area (Å²) in [6.07, 6.45) is 4.86. The van der Waals surface area contributed by atoms with Crippen LogP contribution in [0, 0.1) is 13.8 Å². The lowest BCUT2D eigenvalue weighted by Crippen LogP contribution is -2.42. The summed E-state index contributed by atoms with van der Waals surface area (Å²) in [6, 6.07) is 17.0. The summed E-state index contributed by atoms with van der Waals surface area (Å²) in [5.74, 6) is 0.942. The summed E-state index contributed by atoms with van der Waals surface area (Å²) < 4.78 is 0. The summed E-state index contributed by atoms with van der Waals surface area (Å²) >= 11 is 0. The molecule has 1 aliphatic carbocycles. The normalized spacial score (nSPS) is 18.5. The molecule has 0 atom stereocenters. The van der Waals surface area contributed by atoms with Crippen molar-refractivity contribution in [3.8, 4) is 0 Å². The molecule has 1 aromatic heterocycles. The van der Waals surface area contributed by atoms with E-state index in [1.54, 1.807) is 0 Å². The van der Waals surface area contributed by atoms with Crippen molar-refractivity contribution in [2.45, 2.75) is 65.0 Å². The SMILES string of the molecule is CCc1cccc(C)c1NC(=O)NC1CCC(Nc2cc(C)c3ccccc3n2)CC1. The Kier molecular flexibility index (Phi) is 6.40. The van der Waals surface area contributed by atoms with Gasteiger partial charge in [-0.15, -0.1) is 0 Å². The number of aryl methyl sites for hydroxylation is 3. The Bertz CT molecular complexity index is 1070. The maximum atomic E-state index is 12.6. The number of aromatic nitrogens is 1. The minimum Gasteiger partial charge on any atom is -0.367 e. The lowest BCUT2D eigenvalue weighted by atomic mass is 9.91. The first kappa shape index (κ1) is 21.2. The van der Waals surface area contributed by atoms with Gasteiger partial charge < -0.3 is 16.0 Å². The number of fused-ring (bicyclic) bond motifs is 1. The van der Waals surface area contributed by atoms with Crippen LogP contribution in [-0.2, 0) is 6.42 Å². The highest BCUT2D eigenvalue weighted by molar-refractivity contribution is 5.91. The summed E-state index contributed by atoms with van der Waals surface area (Å²) in [7, 11) is 0. The molecule has 162 valence electrons. The van der Waals surface area contributed by atoms with Crippen LogP contribution in [0.3, 0.4) is 0 Å². The Morgan fingerprint density at radius 2 is 1.71 bits per heavy atom. The molecule has 5 heteroatoms. The van der Waals surface area contributed by atoms with Crippen LogP contribution < -0.4 is 16.0 Å². The molecule has 0 bridgehead atoms. The summed E-state index contributed by atoms with van der Waals surface area (Å²) in [5, 5.41) is 11.1. The van der Waals surface area contributed by atoms with E-state index >= 15 is 0 Å². The molecule has 1 aliphatic rings. The van der Waals surface area contributed by atoms with E-state index in [0.29, 0.717) is 6.04 Å². The Morgan fingerprint density at radius 3 is 2.48 bits per heavy atom. The number of nitrogens with one attached hydrogen (secondary N) is 3. The highest BCUT2D eigenvalue weighted by Crippen LogP contribution is 2.25. The Labute approximate surface area is 184 Å². The third-order valence-electron chi connectivity index (χ3n) is 6.32. The highest BCUT2D eigenvalue weighted by Gasteiger charge is 2.23. The molecule has 3 aromatic rings. The summed E-state index contributed by atoms with van der Waals surface area (Å²) in [6.45, 7) is 6.28. The Balaban J connectivity index is 1.31. The first-order valence-corrected chi connectivity index (χ1v) is 11.3. The molecule has 4 rings (SSSR count). The van der Waals surface area contributed by atoms with Gasteiger partial charge in [0.1, 0.15) is 5.82 Å². The molecule has 5 nitrogen and oxygen atoms in total. The van der Waals surface area contributed by atoms with Crippen LogP contribution in [0.4, 0.5) is 16.3 Å². The van der Waals surface area contributed by atoms with Crippen molar-refractivity contribution in [3.05, 3.63) is 65.2 Å². The van der Waals surface area contributed by atoms with Gasteiger partial charge >= 0.3 is 6.03 Å². The van der Waals surface area contributed by atoms with E-state index in [1.165, 1.54) is 16.5 Å². The molecule has 1 saturated carbocycles. The molecule has 1 fully saturated rings. The Morgan fingerprint density at radius 1 is 0.968 bits per heavy atom. The van der Waals surface area contributed by atoms with Crippen molar-refractivity contribution < 1.29 is 4.79 Å². The van der Waals surface area contributed by atoms with Gasteiger partial charge in [-0.2, -0.15) is 0 Å². The molecular weight excluding hydrogens is 384 g/mol. The van der Waals surface area contributed by atoms with Crippen molar-refractivity contribution in [2.24, 2.45) is 0 Å². The summed E-state index contributed by atoms with van der Waals surface area (Å²) in [4.78, 5) is 17.4. The smallest absolute Gasteiger partial charge is 0.319 e. The van der Waals surface area contributed by atoms with Crippen LogP contribution >= 0.6 is 0 Å². The van der Waals surface area contributed by atoms with Crippen LogP contribution in [-0.4, -0.2) is 23.1 Å². The molecule has 0 aliphatic heterocycles. The van der Waals surface area contributed by atoms with E-state index in [-0.39, 0.29) is 12.1 Å². The van der Waals surface area contributed by atoms with Crippen molar-refractivity contribution in [1.82, 2.24) is 10.3 Å². The molecule has 2 aromatic carbocycles. The molecular formula is C26H32N4O. The maximum Gasteiger partial charge on any atom is 0.319 e. The lowest BCUT2D eigenvalue weighted by Gasteiger charge is -2.30. The quantitative estimate of drug-likeness (QED) is 0.481. The third-order valence-corrected chi connectivity index (χ3v) is 6.32. The van der Waals surface area contributed by atoms with Gasteiger partial charge in [0.15, 0.2) is 0 Å². The molecule has 1 heterocycles. The van der Waals surface area contributed by atoms with E-state index < -0.39 is 0 Å². The number of hydrogen-bond donors (Lipinski definition) is 3. The average molecular weight is 417 g/mol. The number of anilines is 2. The minimum atomic E-state index is -0.104. The molecule has 0 saturated heterocycles. The van der Waals surface area contributed by atoms with Crippen LogP contribution in [0.2, 0.25) is 0 Å². The van der Waals surface area contributed by atoms with E-state index in [4.69, 9.17) is 4.98 Å². The van der Waals surface area contributed by atoms with Crippen LogP contribution in [0.15, 0.2) is 48.5 Å². The van der Waals surface area contributed by atoms with Gasteiger partial charge in [-0.1, -0.05) is 43.3 Å². The van der Waals surface area contributed by atoms with Gasteiger partial charge in [0.2, 0.25) is 0 Å². The second kappa shape index (κ2) is 9.38. The number of amides is 2. The number of urea groups is 1. The fourth-order valence-corrected chi connectivity index (χ4v) is 4.55. The van der Waals surface area contributed by atoms with Gasteiger partial charge in [0.05, 0.1) is 5.52 Å². The number of para-hydroxylation sites is 2. The highest BCUT2D eigenvalue weighted by atomic mass is 16.2. The maximum absolute atomic E-state index is 12.6. The van der Waals surface area contributed by atoms with Crippen LogP contribution in [0.25, 0.3) is 10.9 Å². The number of carbonyl (C=O) groups excluding carboxylic acids is 1. The first-order chi connectivity index (χ1) is 15.0. The molecule has 0 radical (unpaired) electrons. The van der Waals surface area contributed by atoms with Crippen molar-refractivity contribution in [2.75, 3.05) is 10.6 Å². The van der Waals surface area contributed by atoms with Gasteiger partial charge in [-0.05, 0) is 74.8 Å². The number of rotatable bonds is 5. The average Bonchev–Trinajstić information content (AvgIpc) is 2.76. The third kappa shape index (κ3) is 4.98. The van der Waals surface area contributed by atoms with Crippen molar-refractivity contribution >= 4 is 28.4 Å². The number of carbonyl (C=O) groups is 1. The van der Waals surface area contributed by atoms with Gasteiger partial charge in [-0.25, -0.2) is 9.78 Å². The topological polar surface area (TPSA) is 66.1 Å². The molecule has 0 spiro atoms. The zero-order valence-corrected chi connectivity index (χ0v) is 18.7.